The highest BCUT2D eigenvalue weighted by atomic mass is 79.9. The molecule has 0 radical (unpaired) electrons. The van der Waals surface area contributed by atoms with Crippen LogP contribution in [0.1, 0.15) is 54.3 Å². The maximum absolute atomic E-state index is 5.61. The van der Waals surface area contributed by atoms with Crippen molar-refractivity contribution in [1.29, 1.82) is 0 Å². The predicted molar refractivity (Wildman–Crippen MR) is 96.2 cm³/mol. The molecule has 1 aromatic heterocycles. The van der Waals surface area contributed by atoms with E-state index in [2.05, 4.69) is 32.1 Å². The van der Waals surface area contributed by atoms with Crippen LogP contribution in [-0.4, -0.2) is 23.7 Å². The SMILES string of the molecule is COc1ccc(Br)cc1C1CCCN1Cc1noc2c1CCCC2. The fourth-order valence-electron chi connectivity index (χ4n) is 4.10. The Hall–Kier alpha value is -1.33. The highest BCUT2D eigenvalue weighted by Crippen LogP contribution is 2.39. The maximum Gasteiger partial charge on any atom is 0.140 e. The fraction of sp³-hybridized carbons (Fsp3) is 0.526. The van der Waals surface area contributed by atoms with E-state index in [-0.39, 0.29) is 0 Å². The average molecular weight is 391 g/mol. The molecule has 128 valence electrons. The minimum absolute atomic E-state index is 0.383. The lowest BCUT2D eigenvalue weighted by atomic mass is 9.96. The van der Waals surface area contributed by atoms with E-state index in [4.69, 9.17) is 9.26 Å². The average Bonchev–Trinajstić information content (AvgIpc) is 3.23. The summed E-state index contributed by atoms with van der Waals surface area (Å²) in [6.07, 6.45) is 7.01. The molecule has 1 unspecified atom stereocenters. The van der Waals surface area contributed by atoms with Crippen LogP contribution in [0.2, 0.25) is 0 Å². The van der Waals surface area contributed by atoms with E-state index in [1.54, 1.807) is 7.11 Å². The van der Waals surface area contributed by atoms with Gasteiger partial charge in [-0.3, -0.25) is 4.90 Å². The Balaban J connectivity index is 1.60. The van der Waals surface area contributed by atoms with Crippen molar-refractivity contribution >= 4 is 15.9 Å². The third-order valence-corrected chi connectivity index (χ3v) is 5.79. The number of halogens is 1. The van der Waals surface area contributed by atoms with Gasteiger partial charge in [0.05, 0.1) is 7.11 Å². The zero-order valence-corrected chi connectivity index (χ0v) is 15.6. The molecule has 24 heavy (non-hydrogen) atoms. The molecule has 0 N–H and O–H groups in total. The molecule has 1 aliphatic carbocycles. The smallest absolute Gasteiger partial charge is 0.140 e. The molecule has 2 heterocycles. The second kappa shape index (κ2) is 6.89. The molecule has 1 fully saturated rings. The summed E-state index contributed by atoms with van der Waals surface area (Å²) in [4.78, 5) is 2.52. The molecular formula is C19H23BrN2O2. The van der Waals surface area contributed by atoms with Gasteiger partial charge < -0.3 is 9.26 Å². The van der Waals surface area contributed by atoms with E-state index in [1.165, 1.54) is 30.4 Å². The second-order valence-corrected chi connectivity index (χ2v) is 7.67. The van der Waals surface area contributed by atoms with Gasteiger partial charge in [-0.1, -0.05) is 21.1 Å². The van der Waals surface area contributed by atoms with Crippen molar-refractivity contribution in [3.05, 3.63) is 45.3 Å². The first-order chi connectivity index (χ1) is 11.8. The minimum atomic E-state index is 0.383. The van der Waals surface area contributed by atoms with Crippen molar-refractivity contribution in [2.75, 3.05) is 13.7 Å². The van der Waals surface area contributed by atoms with E-state index >= 15 is 0 Å². The number of methoxy groups -OCH3 is 1. The third-order valence-electron chi connectivity index (χ3n) is 5.30. The zero-order chi connectivity index (χ0) is 16.5. The van der Waals surface area contributed by atoms with Crippen molar-refractivity contribution in [1.82, 2.24) is 10.1 Å². The van der Waals surface area contributed by atoms with Crippen LogP contribution >= 0.6 is 15.9 Å². The molecular weight excluding hydrogens is 368 g/mol. The van der Waals surface area contributed by atoms with E-state index in [0.717, 1.165) is 54.0 Å². The lowest BCUT2D eigenvalue weighted by Crippen LogP contribution is -2.24. The minimum Gasteiger partial charge on any atom is -0.496 e. The Morgan fingerprint density at radius 2 is 2.17 bits per heavy atom. The van der Waals surface area contributed by atoms with Crippen LogP contribution in [0.15, 0.2) is 27.2 Å². The number of rotatable bonds is 4. The number of fused-ring (bicyclic) bond motifs is 1. The number of benzene rings is 1. The predicted octanol–water partition coefficient (Wildman–Crippen LogP) is 4.66. The number of ether oxygens (including phenoxy) is 1. The molecule has 0 bridgehead atoms. The number of hydrogen-bond donors (Lipinski definition) is 0. The van der Waals surface area contributed by atoms with Gasteiger partial charge in [0.25, 0.3) is 0 Å². The molecule has 1 aliphatic heterocycles. The topological polar surface area (TPSA) is 38.5 Å². The van der Waals surface area contributed by atoms with Gasteiger partial charge >= 0.3 is 0 Å². The number of nitrogens with zero attached hydrogens (tertiary/aromatic N) is 2. The van der Waals surface area contributed by atoms with E-state index in [9.17, 15) is 0 Å². The summed E-state index contributed by atoms with van der Waals surface area (Å²) >= 11 is 3.60. The molecule has 4 nitrogen and oxygen atoms in total. The van der Waals surface area contributed by atoms with E-state index < -0.39 is 0 Å². The van der Waals surface area contributed by atoms with Crippen molar-refractivity contribution in [2.45, 2.75) is 51.1 Å². The number of aryl methyl sites for hydroxylation is 1. The van der Waals surface area contributed by atoms with E-state index in [1.807, 2.05) is 12.1 Å². The van der Waals surface area contributed by atoms with Gasteiger partial charge in [0.1, 0.15) is 17.2 Å². The largest absolute Gasteiger partial charge is 0.496 e. The molecule has 4 rings (SSSR count). The van der Waals surface area contributed by atoms with Crippen LogP contribution in [0, 0.1) is 0 Å². The van der Waals surface area contributed by atoms with Crippen molar-refractivity contribution < 1.29 is 9.26 Å². The van der Waals surface area contributed by atoms with Crippen LogP contribution in [0.3, 0.4) is 0 Å². The van der Waals surface area contributed by atoms with Crippen LogP contribution in [-0.2, 0) is 19.4 Å². The number of hydrogen-bond acceptors (Lipinski definition) is 4. The number of aromatic nitrogens is 1. The standard InChI is InChI=1S/C19H23BrN2O2/c1-23-18-9-8-13(20)11-15(18)17-6-4-10-22(17)12-16-14-5-2-3-7-19(14)24-21-16/h8-9,11,17H,2-7,10,12H2,1H3. The fourth-order valence-corrected chi connectivity index (χ4v) is 4.48. The monoisotopic (exact) mass is 390 g/mol. The normalized spacial score (nSPS) is 21.0. The van der Waals surface area contributed by atoms with Crippen LogP contribution in [0.4, 0.5) is 0 Å². The molecule has 1 aromatic carbocycles. The van der Waals surface area contributed by atoms with Crippen LogP contribution in [0.5, 0.6) is 5.75 Å². The summed E-state index contributed by atoms with van der Waals surface area (Å²) < 4.78 is 12.3. The summed E-state index contributed by atoms with van der Waals surface area (Å²) in [6.45, 7) is 1.97. The Morgan fingerprint density at radius 3 is 3.04 bits per heavy atom. The quantitative estimate of drug-likeness (QED) is 0.760. The summed E-state index contributed by atoms with van der Waals surface area (Å²) in [5.41, 5.74) is 3.78. The molecule has 0 spiro atoms. The Bertz CT molecular complexity index is 728. The van der Waals surface area contributed by atoms with Gasteiger partial charge in [0.2, 0.25) is 0 Å². The summed E-state index contributed by atoms with van der Waals surface area (Å²) in [6, 6.07) is 6.66. The third kappa shape index (κ3) is 3.00. The van der Waals surface area contributed by atoms with Gasteiger partial charge in [-0.2, -0.15) is 0 Å². The Morgan fingerprint density at radius 1 is 1.29 bits per heavy atom. The molecule has 1 atom stereocenters. The summed E-state index contributed by atoms with van der Waals surface area (Å²) in [7, 11) is 1.75. The van der Waals surface area contributed by atoms with Crippen molar-refractivity contribution in [2.24, 2.45) is 0 Å². The first-order valence-corrected chi connectivity index (χ1v) is 9.59. The van der Waals surface area contributed by atoms with Crippen molar-refractivity contribution in [3.63, 3.8) is 0 Å². The first-order valence-electron chi connectivity index (χ1n) is 8.80. The molecule has 1 saturated heterocycles. The van der Waals surface area contributed by atoms with Gasteiger partial charge in [0, 0.05) is 34.6 Å². The summed E-state index contributed by atoms with van der Waals surface area (Å²) in [5, 5.41) is 4.39. The lowest BCUT2D eigenvalue weighted by molar-refractivity contribution is 0.234. The molecule has 0 amide bonds. The number of likely N-dealkylation sites (tertiary alicyclic amines) is 1. The van der Waals surface area contributed by atoms with Crippen LogP contribution < -0.4 is 4.74 Å². The van der Waals surface area contributed by atoms with Gasteiger partial charge in [-0.05, 0) is 56.8 Å². The lowest BCUT2D eigenvalue weighted by Gasteiger charge is -2.26. The maximum atomic E-state index is 5.61. The first kappa shape index (κ1) is 16.2. The highest BCUT2D eigenvalue weighted by Gasteiger charge is 2.30. The van der Waals surface area contributed by atoms with Crippen molar-refractivity contribution in [3.8, 4) is 5.75 Å². The second-order valence-electron chi connectivity index (χ2n) is 6.75. The van der Waals surface area contributed by atoms with Gasteiger partial charge in [0.15, 0.2) is 0 Å². The Labute approximate surface area is 151 Å². The van der Waals surface area contributed by atoms with Gasteiger partial charge in [-0.25, -0.2) is 0 Å². The molecule has 5 heteroatoms. The highest BCUT2D eigenvalue weighted by molar-refractivity contribution is 9.10. The van der Waals surface area contributed by atoms with E-state index in [0.29, 0.717) is 6.04 Å². The Kier molecular flexibility index (Phi) is 4.63. The summed E-state index contributed by atoms with van der Waals surface area (Å²) in [5.74, 6) is 2.09. The molecule has 2 aromatic rings. The molecule has 0 saturated carbocycles. The van der Waals surface area contributed by atoms with Crippen LogP contribution in [0.25, 0.3) is 0 Å². The van der Waals surface area contributed by atoms with Gasteiger partial charge in [-0.15, -0.1) is 0 Å². The molecule has 2 aliphatic rings. The zero-order valence-electron chi connectivity index (χ0n) is 14.1.